The summed E-state index contributed by atoms with van der Waals surface area (Å²) in [4.78, 5) is 80.0. The molecule has 8 heterocycles. The zero-order valence-electron chi connectivity index (χ0n) is 79.1. The number of halogens is 1. The zero-order chi connectivity index (χ0) is 94.5. The predicted molar refractivity (Wildman–Crippen MR) is 535 cm³/mol. The molecule has 2 aromatic heterocycles. The summed E-state index contributed by atoms with van der Waals surface area (Å²) in [6.07, 6.45) is 13.8. The Labute approximate surface area is 813 Å². The van der Waals surface area contributed by atoms with Gasteiger partial charge in [-0.2, -0.15) is 24.9 Å². The van der Waals surface area contributed by atoms with E-state index in [1.165, 1.54) is 47.5 Å². The summed E-state index contributed by atoms with van der Waals surface area (Å²) in [5, 5.41) is 24.3. The largest absolute Gasteiger partial charge is 0.490 e. The highest BCUT2D eigenvalue weighted by molar-refractivity contribution is 6.06. The second-order valence-electron chi connectivity index (χ2n) is 36.0. The van der Waals surface area contributed by atoms with Gasteiger partial charge in [-0.3, -0.25) is 9.59 Å². The number of aliphatic hydroxyl groups is 1. The minimum absolute atomic E-state index is 0. The van der Waals surface area contributed by atoms with E-state index in [-0.39, 0.29) is 117 Å². The standard InChI is InChI=1S/C27H33N3O4.C23H26N2O2.C20H27N3O4.C11H21NO3.C11H15NO.C10H12O2.CO2.4CH4.ClH/c1-27(2,3)34-26(31)29(4)17-22-16-25(32-19-20-10-6-5-7-11-20)30(28-22)18-23-15-14-21-12-8-9-13-24(21)33-23;1-2-8-20-15-23(26-17-18-9-4-3-5-10-18)25(24-20)16-21-14-13-19-11-6-7-12-22(19)27-21;1-20(2,3)27-19(25)22(4)12-15-11-18(24)23(21-15)13-16-10-9-14-7-5-6-8-17(14)26-16;1-6-7-9(13)8-12(5)10(14)15-11(2,3)4;12-8-7-10-6-5-9-3-1-2-4-11(9)13-10;11-7-9-6-5-8-3-1-2-4-10(8)12-9;2-1-3;;;;;/h5-13,16,23H,14-15,17-19H2,1-4H3;3-7,9-12,15,21H,2,8,13-14,16-17H2,1H3;5-8,16H,9-13H2,1-4H3;6-8H2,1-5H3;1-4,10H,5-8,12H2;1-4,9,11H,5-7H2;;4*1H4;1H. The van der Waals surface area contributed by atoms with Crippen molar-refractivity contribution in [3.63, 3.8) is 0 Å². The molecular formula is C107H151ClN10O18. The molecule has 15 rings (SSSR count). The van der Waals surface area contributed by atoms with E-state index in [4.69, 9.17) is 78.0 Å². The predicted octanol–water partition coefficient (Wildman–Crippen LogP) is 20.6. The Morgan fingerprint density at radius 2 is 0.794 bits per heavy atom. The lowest BCUT2D eigenvalue weighted by Crippen LogP contribution is -2.37. The van der Waals surface area contributed by atoms with E-state index < -0.39 is 29.0 Å². The van der Waals surface area contributed by atoms with E-state index in [0.29, 0.717) is 70.1 Å². The van der Waals surface area contributed by atoms with Gasteiger partial charge in [-0.25, -0.2) is 28.8 Å². The van der Waals surface area contributed by atoms with Gasteiger partial charge in [0, 0.05) is 39.7 Å². The fraction of sp³-hybridized carbons (Fsp3) is 0.486. The van der Waals surface area contributed by atoms with Crippen molar-refractivity contribution < 1.29 is 86.0 Å². The van der Waals surface area contributed by atoms with E-state index in [0.717, 1.165) is 147 Å². The van der Waals surface area contributed by atoms with E-state index in [9.17, 15) is 24.0 Å². The molecule has 0 saturated heterocycles. The van der Waals surface area contributed by atoms with Crippen LogP contribution < -0.4 is 38.9 Å². The second kappa shape index (κ2) is 58.3. The van der Waals surface area contributed by atoms with Crippen LogP contribution in [-0.4, -0.2) is 187 Å². The number of aryl methyl sites for hydroxylation is 6. The number of amides is 4. The molecule has 0 aliphatic carbocycles. The zero-order valence-corrected chi connectivity index (χ0v) is 80.0. The van der Waals surface area contributed by atoms with Crippen LogP contribution in [0.25, 0.3) is 0 Å². The molecule has 136 heavy (non-hydrogen) atoms. The van der Waals surface area contributed by atoms with Crippen molar-refractivity contribution in [2.24, 2.45) is 10.8 Å². The van der Waals surface area contributed by atoms with Gasteiger partial charge in [0.2, 0.25) is 17.7 Å². The fourth-order valence-electron chi connectivity index (χ4n) is 14.8. The monoisotopic (exact) mass is 1900 g/mol. The van der Waals surface area contributed by atoms with E-state index >= 15 is 0 Å². The number of rotatable bonds is 25. The SMILES string of the molecule is C.C.C.C.CCCC(=O)CN(C)C(=O)OC(C)(C)C.CCCc1cc(OCc2ccccc2)n(CC2CCc3ccccc3O2)n1.CN(CC1=NN(CC2CCc3ccccc3O2)C(=O)C1)C(=O)OC(C)(C)C.CN(Cc1cc(OCc2ccccc2)n(CC2CCc3ccccc3O2)n1)C(=O)OC(C)(C)C.Cl.NCCC1CCc2ccccc2O1.O=C=O.OCC1CCc2ccccc2O1. The van der Waals surface area contributed by atoms with Crippen LogP contribution in [0, 0.1) is 0 Å². The number of hydrogen-bond donors (Lipinski definition) is 2. The summed E-state index contributed by atoms with van der Waals surface area (Å²) in [5.74, 6) is 6.27. The quantitative estimate of drug-likeness (QED) is 0.0502. The maximum atomic E-state index is 12.4. The molecule has 3 N–H and O–H groups in total. The normalized spacial score (nSPS) is 15.9. The van der Waals surface area contributed by atoms with Crippen LogP contribution in [-0.2, 0) is 105 Å². The van der Waals surface area contributed by atoms with Crippen molar-refractivity contribution >= 4 is 54.2 Å². The second-order valence-corrected chi connectivity index (χ2v) is 36.0. The molecule has 9 aromatic rings. The maximum Gasteiger partial charge on any atom is 0.410 e. The highest BCUT2D eigenvalue weighted by Crippen LogP contribution is 2.34. The highest BCUT2D eigenvalue weighted by Gasteiger charge is 2.33. The number of hydrogen-bond acceptors (Lipinski definition) is 22. The third-order valence-corrected chi connectivity index (χ3v) is 21.2. The Balaban J connectivity index is 0.000000348. The smallest absolute Gasteiger partial charge is 0.410 e. The van der Waals surface area contributed by atoms with Gasteiger partial charge in [-0.05, 0) is 222 Å². The topological polar surface area (TPSA) is 319 Å². The molecule has 5 unspecified atom stereocenters. The minimum Gasteiger partial charge on any atom is -0.490 e. The number of ketones is 1. The number of aliphatic hydroxyl groups excluding tert-OH is 1. The van der Waals surface area contributed by atoms with Gasteiger partial charge in [0.25, 0.3) is 0 Å². The average Bonchev–Trinajstić information content (AvgIpc) is 1.53. The Hall–Kier alpha value is -12.2. The number of likely N-dealkylation sites (N-methyl/N-ethyl adjacent to an activating group) is 1. The molecule has 0 fully saturated rings. The lowest BCUT2D eigenvalue weighted by atomic mass is 10.0. The number of hydrazone groups is 1. The van der Waals surface area contributed by atoms with Crippen LogP contribution in [0.15, 0.2) is 199 Å². The minimum atomic E-state index is -0.556. The average molecular weight is 1900 g/mol. The van der Waals surface area contributed by atoms with Crippen LogP contribution in [0.4, 0.5) is 14.4 Å². The van der Waals surface area contributed by atoms with Gasteiger partial charge in [-0.1, -0.05) is 202 Å². The van der Waals surface area contributed by atoms with Gasteiger partial charge in [-0.15, -0.1) is 12.4 Å². The van der Waals surface area contributed by atoms with E-state index in [1.54, 1.807) is 41.9 Å². The first-order valence-corrected chi connectivity index (χ1v) is 45.5. The number of carbonyl (C=O) groups is 5. The van der Waals surface area contributed by atoms with Gasteiger partial charge >= 0.3 is 24.4 Å². The summed E-state index contributed by atoms with van der Waals surface area (Å²) in [5.41, 5.74) is 14.9. The molecule has 28 nitrogen and oxygen atoms in total. The molecule has 6 aliphatic heterocycles. The third-order valence-electron chi connectivity index (χ3n) is 21.2. The van der Waals surface area contributed by atoms with Crippen LogP contribution in [0.1, 0.15) is 220 Å². The fourth-order valence-corrected chi connectivity index (χ4v) is 14.8. The van der Waals surface area contributed by atoms with Crippen molar-refractivity contribution in [3.8, 4) is 40.5 Å². The van der Waals surface area contributed by atoms with Gasteiger partial charge in [0.15, 0.2) is 5.78 Å². The molecule has 7 aromatic carbocycles. The number of aromatic nitrogens is 4. The first-order chi connectivity index (χ1) is 62.8. The van der Waals surface area contributed by atoms with Crippen LogP contribution in [0.3, 0.4) is 0 Å². The molecule has 0 spiro atoms. The van der Waals surface area contributed by atoms with Crippen LogP contribution in [0.5, 0.6) is 40.5 Å². The lowest BCUT2D eigenvalue weighted by molar-refractivity contribution is -0.191. The van der Waals surface area contributed by atoms with Gasteiger partial charge < -0.3 is 72.9 Å². The highest BCUT2D eigenvalue weighted by atomic mass is 35.5. The number of benzene rings is 7. The molecule has 6 aliphatic rings. The molecule has 29 heteroatoms. The number of nitrogens with zero attached hydrogens (tertiary/aromatic N) is 9. The van der Waals surface area contributed by atoms with Crippen molar-refractivity contribution in [2.75, 3.05) is 53.9 Å². The summed E-state index contributed by atoms with van der Waals surface area (Å²) in [6.45, 7) is 24.7. The van der Waals surface area contributed by atoms with Crippen molar-refractivity contribution in [3.05, 3.63) is 244 Å². The summed E-state index contributed by atoms with van der Waals surface area (Å²) in [7, 11) is 4.92. The first kappa shape index (κ1) is 116. The third kappa shape index (κ3) is 39.6. The summed E-state index contributed by atoms with van der Waals surface area (Å²) in [6, 6.07) is 64.9. The molecule has 5 atom stereocenters. The first-order valence-electron chi connectivity index (χ1n) is 45.5. The number of fused-ring (bicyclic) bond motifs is 5. The maximum absolute atomic E-state index is 12.4. The molecule has 0 saturated carbocycles. The Kier molecular flexibility index (Phi) is 49.7. The molecule has 4 amide bonds. The van der Waals surface area contributed by atoms with Crippen LogP contribution in [0.2, 0.25) is 0 Å². The Bertz CT molecular complexity index is 5140. The lowest BCUT2D eigenvalue weighted by Gasteiger charge is -2.28. The molecule has 0 radical (unpaired) electrons. The van der Waals surface area contributed by atoms with Gasteiger partial charge in [0.1, 0.15) is 89.3 Å². The number of para-hydroxylation sites is 5. The Morgan fingerprint density at radius 3 is 1.17 bits per heavy atom. The number of carbonyl (C=O) groups excluding carboxylic acids is 7. The Morgan fingerprint density at radius 1 is 0.463 bits per heavy atom. The number of nitrogens with two attached hydrogens (primary N) is 1. The van der Waals surface area contributed by atoms with Crippen molar-refractivity contribution in [1.29, 1.82) is 0 Å². The number of ether oxygens (including phenoxy) is 10. The van der Waals surface area contributed by atoms with Crippen molar-refractivity contribution in [2.45, 2.75) is 289 Å². The molecule has 744 valence electrons. The van der Waals surface area contributed by atoms with Crippen molar-refractivity contribution in [1.82, 2.24) is 39.3 Å². The molecular weight excluding hydrogens is 1750 g/mol. The summed E-state index contributed by atoms with van der Waals surface area (Å²) < 4.78 is 61.8. The molecule has 0 bridgehead atoms. The van der Waals surface area contributed by atoms with E-state index in [2.05, 4.69) is 78.8 Å². The summed E-state index contributed by atoms with van der Waals surface area (Å²) >= 11 is 0. The number of Topliss-reactive ketones (excluding diaryl/α,β-unsaturated/α-hetero) is 1. The van der Waals surface area contributed by atoms with Gasteiger partial charge in [0.05, 0.1) is 69.4 Å². The van der Waals surface area contributed by atoms with E-state index in [1.807, 2.05) is 185 Å². The van der Waals surface area contributed by atoms with Crippen LogP contribution >= 0.6 is 12.4 Å².